The molecule has 1 fully saturated rings. The molecular formula is C16H23NO3. The largest absolute Gasteiger partial charge is 0.497 e. The fourth-order valence-electron chi connectivity index (χ4n) is 2.63. The van der Waals surface area contributed by atoms with Crippen LogP contribution in [0.15, 0.2) is 24.3 Å². The van der Waals surface area contributed by atoms with E-state index in [1.165, 1.54) is 0 Å². The predicted octanol–water partition coefficient (Wildman–Crippen LogP) is 2.63. The number of hydrogen-bond donors (Lipinski definition) is 1. The average Bonchev–Trinajstić information content (AvgIpc) is 2.48. The van der Waals surface area contributed by atoms with Crippen molar-refractivity contribution in [3.8, 4) is 5.75 Å². The van der Waals surface area contributed by atoms with Gasteiger partial charge in [0.25, 0.3) is 0 Å². The molecule has 1 heterocycles. The van der Waals surface area contributed by atoms with Crippen molar-refractivity contribution in [1.29, 1.82) is 0 Å². The van der Waals surface area contributed by atoms with Gasteiger partial charge in [0.15, 0.2) is 0 Å². The first-order valence-corrected chi connectivity index (χ1v) is 7.11. The molecule has 1 aliphatic heterocycles. The molecule has 4 nitrogen and oxygen atoms in total. The van der Waals surface area contributed by atoms with Crippen molar-refractivity contribution in [2.45, 2.75) is 32.3 Å². The van der Waals surface area contributed by atoms with Crippen LogP contribution in [0.2, 0.25) is 0 Å². The van der Waals surface area contributed by atoms with Crippen molar-refractivity contribution in [3.63, 3.8) is 0 Å². The third kappa shape index (κ3) is 3.51. The van der Waals surface area contributed by atoms with Crippen molar-refractivity contribution >= 4 is 5.97 Å². The lowest BCUT2D eigenvalue weighted by Crippen LogP contribution is -2.42. The second-order valence-corrected chi connectivity index (χ2v) is 5.75. The lowest BCUT2D eigenvalue weighted by atomic mass is 9.83. The molecule has 0 radical (unpaired) electrons. The van der Waals surface area contributed by atoms with Crippen LogP contribution in [0, 0.1) is 5.92 Å². The predicted molar refractivity (Wildman–Crippen MR) is 78.1 cm³/mol. The van der Waals surface area contributed by atoms with Crippen LogP contribution < -0.4 is 10.1 Å². The van der Waals surface area contributed by atoms with Gasteiger partial charge < -0.3 is 14.8 Å². The lowest BCUT2D eigenvalue weighted by Gasteiger charge is -2.36. The van der Waals surface area contributed by atoms with Crippen molar-refractivity contribution in [2.75, 3.05) is 20.2 Å². The van der Waals surface area contributed by atoms with Crippen LogP contribution in [-0.2, 0) is 4.74 Å². The number of carbonyl (C=O) groups excluding carboxylic acids is 1. The van der Waals surface area contributed by atoms with E-state index in [2.05, 4.69) is 5.32 Å². The molecule has 0 bridgehead atoms. The third-order valence-electron chi connectivity index (χ3n) is 4.00. The number of esters is 1. The van der Waals surface area contributed by atoms with Gasteiger partial charge in [-0.3, -0.25) is 0 Å². The molecule has 1 N–H and O–H groups in total. The Morgan fingerprint density at radius 2 is 1.80 bits per heavy atom. The molecule has 0 unspecified atom stereocenters. The highest BCUT2D eigenvalue weighted by molar-refractivity contribution is 5.89. The van der Waals surface area contributed by atoms with Crippen LogP contribution in [0.5, 0.6) is 5.75 Å². The summed E-state index contributed by atoms with van der Waals surface area (Å²) in [6, 6.07) is 7.02. The van der Waals surface area contributed by atoms with Crippen molar-refractivity contribution in [1.82, 2.24) is 5.32 Å². The van der Waals surface area contributed by atoms with E-state index in [4.69, 9.17) is 9.47 Å². The second kappa shape index (κ2) is 6.27. The normalized spacial score (nSPS) is 16.8. The molecule has 0 saturated carbocycles. The molecular weight excluding hydrogens is 254 g/mol. The molecule has 1 saturated heterocycles. The number of methoxy groups -OCH3 is 1. The van der Waals surface area contributed by atoms with E-state index in [9.17, 15) is 4.79 Å². The standard InChI is InChI=1S/C16H23NO3/c1-16(2,13-8-10-17-11-9-13)20-15(18)12-4-6-14(19-3)7-5-12/h4-7,13,17H,8-11H2,1-3H3. The van der Waals surface area contributed by atoms with Gasteiger partial charge in [-0.1, -0.05) is 0 Å². The van der Waals surface area contributed by atoms with Gasteiger partial charge in [-0.15, -0.1) is 0 Å². The minimum Gasteiger partial charge on any atom is -0.497 e. The summed E-state index contributed by atoms with van der Waals surface area (Å²) in [5.74, 6) is 0.876. The van der Waals surface area contributed by atoms with Crippen molar-refractivity contribution in [2.24, 2.45) is 5.92 Å². The summed E-state index contributed by atoms with van der Waals surface area (Å²) < 4.78 is 10.8. The zero-order valence-corrected chi connectivity index (χ0v) is 12.4. The Morgan fingerprint density at radius 1 is 1.20 bits per heavy atom. The minimum absolute atomic E-state index is 0.267. The Kier molecular flexibility index (Phi) is 4.65. The summed E-state index contributed by atoms with van der Waals surface area (Å²) in [6.07, 6.45) is 2.09. The maximum atomic E-state index is 12.2. The number of nitrogens with one attached hydrogen (secondary N) is 1. The first-order chi connectivity index (χ1) is 9.53. The van der Waals surface area contributed by atoms with Gasteiger partial charge in [0.2, 0.25) is 0 Å². The zero-order chi connectivity index (χ0) is 14.6. The molecule has 4 heteroatoms. The molecule has 0 aliphatic carbocycles. The molecule has 0 aromatic heterocycles. The maximum absolute atomic E-state index is 12.2. The van der Waals surface area contributed by atoms with Crippen molar-refractivity contribution in [3.05, 3.63) is 29.8 Å². The van der Waals surface area contributed by atoms with Crippen LogP contribution >= 0.6 is 0 Å². The van der Waals surface area contributed by atoms with E-state index in [1.807, 2.05) is 13.8 Å². The highest BCUT2D eigenvalue weighted by Crippen LogP contribution is 2.30. The summed E-state index contributed by atoms with van der Waals surface area (Å²) in [4.78, 5) is 12.2. The lowest BCUT2D eigenvalue weighted by molar-refractivity contribution is -0.0368. The van der Waals surface area contributed by atoms with E-state index in [0.29, 0.717) is 11.5 Å². The van der Waals surface area contributed by atoms with Crippen molar-refractivity contribution < 1.29 is 14.3 Å². The SMILES string of the molecule is COc1ccc(C(=O)OC(C)(C)C2CCNCC2)cc1. The first kappa shape index (κ1) is 14.9. The molecule has 1 aromatic carbocycles. The summed E-state index contributed by atoms with van der Waals surface area (Å²) >= 11 is 0. The number of benzene rings is 1. The number of carbonyl (C=O) groups is 1. The van der Waals surface area contributed by atoms with Crippen LogP contribution in [-0.4, -0.2) is 31.8 Å². The molecule has 110 valence electrons. The van der Waals surface area contributed by atoms with E-state index >= 15 is 0 Å². The Hall–Kier alpha value is -1.55. The number of ether oxygens (including phenoxy) is 2. The fourth-order valence-corrected chi connectivity index (χ4v) is 2.63. The molecule has 2 rings (SSSR count). The van der Waals surface area contributed by atoms with E-state index in [0.717, 1.165) is 31.7 Å². The Balaban J connectivity index is 2.01. The van der Waals surface area contributed by atoms with Gasteiger partial charge in [-0.2, -0.15) is 0 Å². The summed E-state index contributed by atoms with van der Waals surface area (Å²) in [5, 5.41) is 3.33. The molecule has 1 aromatic rings. The third-order valence-corrected chi connectivity index (χ3v) is 4.00. The monoisotopic (exact) mass is 277 g/mol. The van der Waals surface area contributed by atoms with Crippen LogP contribution in [0.4, 0.5) is 0 Å². The minimum atomic E-state index is -0.431. The Labute approximate surface area is 120 Å². The van der Waals surface area contributed by atoms with E-state index in [-0.39, 0.29) is 5.97 Å². The second-order valence-electron chi connectivity index (χ2n) is 5.75. The Bertz CT molecular complexity index is 447. The summed E-state index contributed by atoms with van der Waals surface area (Å²) in [5.41, 5.74) is 0.131. The topological polar surface area (TPSA) is 47.6 Å². The summed E-state index contributed by atoms with van der Waals surface area (Å²) in [6.45, 7) is 6.00. The highest BCUT2D eigenvalue weighted by atomic mass is 16.6. The van der Waals surface area contributed by atoms with Gasteiger partial charge in [0.05, 0.1) is 12.7 Å². The number of piperidine rings is 1. The fraction of sp³-hybridized carbons (Fsp3) is 0.562. The molecule has 0 atom stereocenters. The van der Waals surface area contributed by atoms with Gasteiger partial charge in [0, 0.05) is 5.92 Å². The van der Waals surface area contributed by atoms with Crippen LogP contribution in [0.3, 0.4) is 0 Å². The first-order valence-electron chi connectivity index (χ1n) is 7.11. The number of hydrogen-bond acceptors (Lipinski definition) is 4. The van der Waals surface area contributed by atoms with Gasteiger partial charge in [0.1, 0.15) is 11.4 Å². The maximum Gasteiger partial charge on any atom is 0.338 e. The zero-order valence-electron chi connectivity index (χ0n) is 12.4. The van der Waals surface area contributed by atoms with Gasteiger partial charge in [-0.25, -0.2) is 4.79 Å². The molecule has 0 spiro atoms. The van der Waals surface area contributed by atoms with Gasteiger partial charge in [-0.05, 0) is 64.0 Å². The quantitative estimate of drug-likeness (QED) is 0.859. The van der Waals surface area contributed by atoms with E-state index < -0.39 is 5.60 Å². The number of rotatable bonds is 4. The van der Waals surface area contributed by atoms with Gasteiger partial charge >= 0.3 is 5.97 Å². The smallest absolute Gasteiger partial charge is 0.338 e. The average molecular weight is 277 g/mol. The highest BCUT2D eigenvalue weighted by Gasteiger charge is 2.34. The molecule has 20 heavy (non-hydrogen) atoms. The van der Waals surface area contributed by atoms with E-state index in [1.54, 1.807) is 31.4 Å². The van der Waals surface area contributed by atoms with Crippen LogP contribution in [0.1, 0.15) is 37.0 Å². The summed E-state index contributed by atoms with van der Waals surface area (Å²) in [7, 11) is 1.60. The van der Waals surface area contributed by atoms with Crippen LogP contribution in [0.25, 0.3) is 0 Å². The molecule has 0 amide bonds. The molecule has 1 aliphatic rings. The Morgan fingerprint density at radius 3 is 2.35 bits per heavy atom.